The van der Waals surface area contributed by atoms with Crippen molar-refractivity contribution in [1.82, 2.24) is 9.97 Å². The van der Waals surface area contributed by atoms with Gasteiger partial charge < -0.3 is 34.0 Å². The Morgan fingerprint density at radius 3 is 2.17 bits per heavy atom. The first-order chi connectivity index (χ1) is 19.0. The lowest BCUT2D eigenvalue weighted by Crippen LogP contribution is -2.40. The van der Waals surface area contributed by atoms with Gasteiger partial charge in [0.05, 0.1) is 31.5 Å². The van der Waals surface area contributed by atoms with Gasteiger partial charge in [0, 0.05) is 35.0 Å². The molecular weight excluding hydrogens is 591 g/mol. The Hall–Kier alpha value is -1.51. The third-order valence-corrected chi connectivity index (χ3v) is 9.28. The van der Waals surface area contributed by atoms with Crippen molar-refractivity contribution < 1.29 is 33.0 Å². The third-order valence-electron chi connectivity index (χ3n) is 5.64. The fourth-order valence-corrected chi connectivity index (χ4v) is 6.18. The Bertz CT molecular complexity index is 1070. The zero-order chi connectivity index (χ0) is 31.0. The van der Waals surface area contributed by atoms with E-state index in [0.717, 1.165) is 0 Å². The maximum atomic E-state index is 12.2. The van der Waals surface area contributed by atoms with Gasteiger partial charge >= 0.3 is 8.60 Å². The number of nitrogen functional groups attached to an aromatic ring is 1. The largest absolute Gasteiger partial charge is 0.388 e. The van der Waals surface area contributed by atoms with Crippen LogP contribution in [0.1, 0.15) is 53.5 Å². The number of hydrogen-bond donors (Lipinski definition) is 3. The summed E-state index contributed by atoms with van der Waals surface area (Å²) in [7, 11) is -1.82. The summed E-state index contributed by atoms with van der Waals surface area (Å²) in [6.45, 7) is 17.0. The van der Waals surface area contributed by atoms with Crippen molar-refractivity contribution in [2.24, 2.45) is 10.8 Å². The predicted molar refractivity (Wildman–Crippen MR) is 165 cm³/mol. The van der Waals surface area contributed by atoms with Crippen molar-refractivity contribution in [2.45, 2.75) is 73.3 Å². The first kappa shape index (κ1) is 35.7. The number of nitrogens with zero attached hydrogens (tertiary/aromatic N) is 2. The molecule has 15 heteroatoms. The second-order valence-electron chi connectivity index (χ2n) is 11.4. The van der Waals surface area contributed by atoms with Gasteiger partial charge in [-0.2, -0.15) is 4.98 Å². The number of aromatic amines is 1. The van der Waals surface area contributed by atoms with Gasteiger partial charge in [0.2, 0.25) is 5.95 Å². The molecule has 4 N–H and O–H groups in total. The molecule has 12 nitrogen and oxygen atoms in total. The number of aromatic nitrogens is 2. The lowest BCUT2D eigenvalue weighted by molar-refractivity contribution is -0.118. The standard InChI is InChI=1S/C26H43N4O8PS2/c1-9-30(19-16(2)20(32)29-24(27)28-19)21-18(31)14-17(38-21)15-37-39(35-10-12-40-22(33)25(3,4)5)36-11-13-41-23(34)26(6,7)8/h9,17-18,21,31H,1,10-15H2,2-8H3,(H3,27,28,29,32)/t17?,18-,21?/m1/s1. The second-order valence-corrected chi connectivity index (χ2v) is 14.8. The van der Waals surface area contributed by atoms with Crippen molar-refractivity contribution in [3.8, 4) is 0 Å². The van der Waals surface area contributed by atoms with E-state index in [9.17, 15) is 19.5 Å². The van der Waals surface area contributed by atoms with Crippen molar-refractivity contribution >= 4 is 54.1 Å². The minimum Gasteiger partial charge on any atom is -0.388 e. The fourth-order valence-electron chi connectivity index (χ4n) is 3.37. The summed E-state index contributed by atoms with van der Waals surface area (Å²) in [6.07, 6.45) is -0.681. The quantitative estimate of drug-likeness (QED) is 0.199. The Kier molecular flexibility index (Phi) is 13.8. The minimum atomic E-state index is -1.82. The van der Waals surface area contributed by atoms with Gasteiger partial charge in [-0.25, -0.2) is 0 Å². The smallest absolute Gasteiger partial charge is 0.332 e. The van der Waals surface area contributed by atoms with Crippen molar-refractivity contribution in [2.75, 3.05) is 42.0 Å². The van der Waals surface area contributed by atoms with E-state index in [4.69, 9.17) is 24.0 Å². The summed E-state index contributed by atoms with van der Waals surface area (Å²) in [5, 5.41) is 10.9. The van der Waals surface area contributed by atoms with Crippen molar-refractivity contribution in [1.29, 1.82) is 0 Å². The van der Waals surface area contributed by atoms with E-state index < -0.39 is 43.4 Å². The number of carbonyl (C=O) groups excluding carboxylic acids is 2. The topological polar surface area (TPSA) is 166 Å². The third kappa shape index (κ3) is 11.3. The van der Waals surface area contributed by atoms with E-state index in [1.807, 2.05) is 41.5 Å². The molecule has 0 bridgehead atoms. The van der Waals surface area contributed by atoms with Gasteiger partial charge in [-0.15, -0.1) is 0 Å². The molecule has 1 aliphatic heterocycles. The number of ether oxygens (including phenoxy) is 1. The van der Waals surface area contributed by atoms with Gasteiger partial charge in [0.1, 0.15) is 11.9 Å². The summed E-state index contributed by atoms with van der Waals surface area (Å²) in [5.74, 6) is 1.02. The van der Waals surface area contributed by atoms with Gasteiger partial charge in [-0.3, -0.25) is 19.4 Å². The SMILES string of the molecule is C=CN(c1nc(N)[nH]c(=O)c1C)C1OC(COP(OCCSC(=O)C(C)(C)C)OCCSC(=O)C(C)(C)C)C[C@H]1O. The van der Waals surface area contributed by atoms with Crippen LogP contribution >= 0.6 is 32.1 Å². The van der Waals surface area contributed by atoms with E-state index in [1.165, 1.54) is 34.6 Å². The number of thioether (sulfide) groups is 2. The Morgan fingerprint density at radius 2 is 1.68 bits per heavy atom. The summed E-state index contributed by atoms with van der Waals surface area (Å²) in [4.78, 5) is 44.7. The van der Waals surface area contributed by atoms with E-state index in [2.05, 4.69) is 16.5 Å². The van der Waals surface area contributed by atoms with Crippen LogP contribution in [0.2, 0.25) is 0 Å². The number of H-pyrrole nitrogens is 1. The van der Waals surface area contributed by atoms with Crippen LogP contribution in [0.15, 0.2) is 17.6 Å². The van der Waals surface area contributed by atoms with Crippen LogP contribution in [0.5, 0.6) is 0 Å². The zero-order valence-electron chi connectivity index (χ0n) is 24.8. The monoisotopic (exact) mass is 634 g/mol. The number of nitrogens with two attached hydrogens (primary N) is 1. The number of anilines is 2. The summed E-state index contributed by atoms with van der Waals surface area (Å²) in [5.41, 5.74) is 4.70. The van der Waals surface area contributed by atoms with E-state index in [0.29, 0.717) is 17.1 Å². The van der Waals surface area contributed by atoms with Crippen LogP contribution in [0, 0.1) is 17.8 Å². The average molecular weight is 635 g/mol. The molecule has 0 saturated carbocycles. The Labute approximate surface area is 251 Å². The highest BCUT2D eigenvalue weighted by molar-refractivity contribution is 8.14. The molecule has 0 radical (unpaired) electrons. The molecule has 3 atom stereocenters. The van der Waals surface area contributed by atoms with E-state index in [1.54, 1.807) is 6.92 Å². The minimum absolute atomic E-state index is 0.0519. The molecule has 232 valence electrons. The Balaban J connectivity index is 1.98. The van der Waals surface area contributed by atoms with Crippen LogP contribution in [0.3, 0.4) is 0 Å². The summed E-state index contributed by atoms with van der Waals surface area (Å²) >= 11 is 2.37. The Morgan fingerprint density at radius 1 is 1.15 bits per heavy atom. The van der Waals surface area contributed by atoms with Gasteiger partial charge in [0.25, 0.3) is 5.56 Å². The molecular formula is C26H43N4O8PS2. The molecule has 1 fully saturated rings. The first-order valence-electron chi connectivity index (χ1n) is 13.2. The van der Waals surface area contributed by atoms with Gasteiger partial charge in [-0.05, 0) is 6.92 Å². The number of hydrogen-bond acceptors (Lipinski definition) is 13. The number of aliphatic hydroxyl groups excluding tert-OH is 1. The van der Waals surface area contributed by atoms with Crippen LogP contribution < -0.4 is 16.2 Å². The number of carbonyl (C=O) groups is 2. The maximum absolute atomic E-state index is 12.2. The molecule has 2 unspecified atom stereocenters. The van der Waals surface area contributed by atoms with Gasteiger partial charge in [-0.1, -0.05) is 71.6 Å². The number of aliphatic hydroxyl groups is 1. The lowest BCUT2D eigenvalue weighted by atomic mass is 9.99. The molecule has 1 aliphatic rings. The highest BCUT2D eigenvalue weighted by Gasteiger charge is 2.39. The molecule has 1 aromatic heterocycles. The first-order valence-corrected chi connectivity index (χ1v) is 16.3. The second kappa shape index (κ2) is 15.8. The average Bonchev–Trinajstić information content (AvgIpc) is 3.23. The molecule has 0 aromatic carbocycles. The number of nitrogens with one attached hydrogen (secondary N) is 1. The maximum Gasteiger partial charge on any atom is 0.332 e. The summed E-state index contributed by atoms with van der Waals surface area (Å²) < 4.78 is 23.6. The highest BCUT2D eigenvalue weighted by Crippen LogP contribution is 2.41. The molecule has 41 heavy (non-hydrogen) atoms. The van der Waals surface area contributed by atoms with Crippen LogP contribution in [0.25, 0.3) is 0 Å². The molecule has 1 aromatic rings. The summed E-state index contributed by atoms with van der Waals surface area (Å²) in [6, 6.07) is 0. The van der Waals surface area contributed by atoms with Gasteiger partial charge in [0.15, 0.2) is 16.5 Å². The highest BCUT2D eigenvalue weighted by atomic mass is 32.2. The molecule has 0 aliphatic carbocycles. The molecule has 0 amide bonds. The normalized spacial score (nSPS) is 19.5. The van der Waals surface area contributed by atoms with E-state index >= 15 is 0 Å². The van der Waals surface area contributed by atoms with Crippen LogP contribution in [-0.4, -0.2) is 75.1 Å². The van der Waals surface area contributed by atoms with Crippen molar-refractivity contribution in [3.05, 3.63) is 28.7 Å². The fraction of sp³-hybridized carbons (Fsp3) is 0.692. The zero-order valence-corrected chi connectivity index (χ0v) is 27.3. The molecule has 2 heterocycles. The predicted octanol–water partition coefficient (Wildman–Crippen LogP) is 3.97. The van der Waals surface area contributed by atoms with E-state index in [-0.39, 0.29) is 48.2 Å². The molecule has 0 spiro atoms. The lowest BCUT2D eigenvalue weighted by Gasteiger charge is -2.29. The number of rotatable bonds is 14. The van der Waals surface area contributed by atoms with Crippen molar-refractivity contribution in [3.63, 3.8) is 0 Å². The molecule has 2 rings (SSSR count). The van der Waals surface area contributed by atoms with Crippen LogP contribution in [-0.2, 0) is 27.9 Å². The van der Waals surface area contributed by atoms with Crippen LogP contribution in [0.4, 0.5) is 11.8 Å². The molecule has 1 saturated heterocycles.